The number of benzene rings is 2. The van der Waals surface area contributed by atoms with E-state index in [9.17, 15) is 38.5 Å². The van der Waals surface area contributed by atoms with Crippen LogP contribution in [0.4, 0.5) is 8.78 Å². The van der Waals surface area contributed by atoms with Gasteiger partial charge in [0.15, 0.2) is 5.79 Å². The second-order valence-electron chi connectivity index (χ2n) is 17.5. The van der Waals surface area contributed by atoms with Gasteiger partial charge in [-0.15, -0.1) is 0 Å². The van der Waals surface area contributed by atoms with Gasteiger partial charge < -0.3 is 39.0 Å². The van der Waals surface area contributed by atoms with Crippen molar-refractivity contribution in [3.8, 4) is 0 Å². The van der Waals surface area contributed by atoms with Crippen molar-refractivity contribution >= 4 is 17.7 Å². The minimum atomic E-state index is -2.05. The first kappa shape index (κ1) is 48.3. The molecule has 59 heavy (non-hydrogen) atoms. The number of ether oxygens (including phenoxy) is 5. The van der Waals surface area contributed by atoms with Gasteiger partial charge in [-0.25, -0.2) is 8.78 Å². The number of carbonyl (C=O) groups excluding carboxylic acids is 3. The fourth-order valence-electron chi connectivity index (χ4n) is 9.04. The minimum Gasteiger partial charge on any atom is -0.461 e. The zero-order chi connectivity index (χ0) is 44.2. The maximum Gasteiger partial charge on any atom is 0.312 e. The van der Waals surface area contributed by atoms with Crippen molar-refractivity contribution in [2.45, 2.75) is 154 Å². The Bertz CT molecular complexity index is 1740. The maximum atomic E-state index is 14.8. The minimum absolute atomic E-state index is 0.0158. The molecule has 4 rings (SSSR count). The van der Waals surface area contributed by atoms with Crippen molar-refractivity contribution in [2.75, 3.05) is 14.2 Å². The molecule has 0 unspecified atom stereocenters. The lowest BCUT2D eigenvalue weighted by atomic mass is 9.73. The molecule has 3 N–H and O–H groups in total. The molecule has 14 atom stereocenters. The van der Waals surface area contributed by atoms with Gasteiger partial charge in [0, 0.05) is 37.5 Å². The summed E-state index contributed by atoms with van der Waals surface area (Å²) >= 11 is 0. The number of likely N-dealkylation sites (N-methyl/N-ethyl adjacent to an activating group) is 1. The Morgan fingerprint density at radius 1 is 0.949 bits per heavy atom. The van der Waals surface area contributed by atoms with Crippen LogP contribution in [0.2, 0.25) is 0 Å². The van der Waals surface area contributed by atoms with Crippen LogP contribution in [0.15, 0.2) is 48.5 Å². The largest absolute Gasteiger partial charge is 0.461 e. The van der Waals surface area contributed by atoms with Crippen molar-refractivity contribution in [2.24, 2.45) is 23.7 Å². The van der Waals surface area contributed by atoms with Gasteiger partial charge in [-0.05, 0) is 90.3 Å². The fourth-order valence-corrected chi connectivity index (χ4v) is 9.04. The van der Waals surface area contributed by atoms with Gasteiger partial charge in [0.2, 0.25) is 0 Å². The summed E-state index contributed by atoms with van der Waals surface area (Å²) in [6, 6.07) is 11.3. The van der Waals surface area contributed by atoms with Crippen LogP contribution in [0.1, 0.15) is 92.7 Å². The van der Waals surface area contributed by atoms with Gasteiger partial charge in [0.05, 0.1) is 36.3 Å². The molecular formula is C45H65F2NO11. The zero-order valence-corrected chi connectivity index (χ0v) is 36.3. The first-order chi connectivity index (χ1) is 27.5. The molecule has 2 aromatic rings. The highest BCUT2D eigenvalue weighted by atomic mass is 19.1. The van der Waals surface area contributed by atoms with E-state index in [1.807, 2.05) is 18.9 Å². The Labute approximate surface area is 347 Å². The highest BCUT2D eigenvalue weighted by Crippen LogP contribution is 2.43. The molecule has 2 aliphatic rings. The molecule has 12 nitrogen and oxygen atoms in total. The molecule has 2 heterocycles. The third kappa shape index (κ3) is 10.9. The topological polar surface area (TPSA) is 161 Å². The SMILES string of the molecule is CC[C@H]1OC(=O)[C@H](C)[C@@H](OC(=O)Cc2ccccc2F)[C@H](C)[C@@H](O[C@]2(C)O[C@H](C)C[C@H](N(C)Cc3ccc(F)cc3)[C@H]2O)[C@](C)(OC)C[C@@H](C)C(=O)[C@H](C)[C@@H](O)[C@]1(C)O. The van der Waals surface area contributed by atoms with E-state index in [1.165, 1.54) is 58.2 Å². The highest BCUT2D eigenvalue weighted by Gasteiger charge is 2.56. The van der Waals surface area contributed by atoms with Gasteiger partial charge in [-0.3, -0.25) is 19.3 Å². The monoisotopic (exact) mass is 833 g/mol. The van der Waals surface area contributed by atoms with Gasteiger partial charge >= 0.3 is 11.9 Å². The Hall–Kier alpha value is -3.37. The van der Waals surface area contributed by atoms with Crippen molar-refractivity contribution in [1.82, 2.24) is 4.90 Å². The Kier molecular flexibility index (Phi) is 16.0. The van der Waals surface area contributed by atoms with Crippen molar-refractivity contribution in [1.29, 1.82) is 0 Å². The molecule has 2 saturated heterocycles. The van der Waals surface area contributed by atoms with Crippen molar-refractivity contribution < 1.29 is 62.2 Å². The number of rotatable bonds is 10. The van der Waals surface area contributed by atoms with E-state index < -0.39 is 113 Å². The van der Waals surface area contributed by atoms with Crippen LogP contribution >= 0.6 is 0 Å². The van der Waals surface area contributed by atoms with Gasteiger partial charge in [-0.1, -0.05) is 58.0 Å². The van der Waals surface area contributed by atoms with E-state index in [0.717, 1.165) is 5.56 Å². The lowest BCUT2D eigenvalue weighted by Gasteiger charge is -2.52. The number of cyclic esters (lactones) is 1. The normalized spacial score (nSPS) is 37.7. The maximum absolute atomic E-state index is 14.8. The second kappa shape index (κ2) is 19.6. The summed E-state index contributed by atoms with van der Waals surface area (Å²) in [5.41, 5.74) is -2.59. The summed E-state index contributed by atoms with van der Waals surface area (Å²) in [5, 5.41) is 35.3. The third-order valence-corrected chi connectivity index (χ3v) is 12.7. The molecule has 0 aromatic heterocycles. The number of halogens is 2. The molecular weight excluding hydrogens is 768 g/mol. The lowest BCUT2D eigenvalue weighted by molar-refractivity contribution is -0.359. The molecule has 0 aliphatic carbocycles. The molecule has 2 aromatic carbocycles. The predicted molar refractivity (Wildman–Crippen MR) is 215 cm³/mol. The van der Waals surface area contributed by atoms with Crippen LogP contribution in [0, 0.1) is 35.3 Å². The molecule has 0 saturated carbocycles. The number of hydrogen-bond donors (Lipinski definition) is 3. The van der Waals surface area contributed by atoms with E-state index in [2.05, 4.69) is 0 Å². The smallest absolute Gasteiger partial charge is 0.312 e. The number of esters is 2. The average molecular weight is 834 g/mol. The fraction of sp³-hybridized carbons (Fsp3) is 0.667. The summed E-state index contributed by atoms with van der Waals surface area (Å²) in [5.74, 6) is -8.98. The first-order valence-corrected chi connectivity index (χ1v) is 20.6. The third-order valence-electron chi connectivity index (χ3n) is 12.7. The Balaban J connectivity index is 1.84. The number of Topliss-reactive ketones (excluding diaryl/α,β-unsaturated/α-hetero) is 1. The van der Waals surface area contributed by atoms with E-state index >= 15 is 0 Å². The highest BCUT2D eigenvalue weighted by molar-refractivity contribution is 5.83. The Morgan fingerprint density at radius 2 is 1.58 bits per heavy atom. The van der Waals surface area contributed by atoms with Gasteiger partial charge in [0.1, 0.15) is 41.3 Å². The van der Waals surface area contributed by atoms with E-state index in [4.69, 9.17) is 23.7 Å². The molecule has 2 aliphatic heterocycles. The number of hydrogen-bond acceptors (Lipinski definition) is 12. The van der Waals surface area contributed by atoms with Gasteiger partial charge in [-0.2, -0.15) is 0 Å². The quantitative estimate of drug-likeness (QED) is 0.257. The second-order valence-corrected chi connectivity index (χ2v) is 17.5. The van der Waals surface area contributed by atoms with E-state index in [0.29, 0.717) is 13.0 Å². The number of nitrogens with zero attached hydrogens (tertiary/aromatic N) is 1. The summed E-state index contributed by atoms with van der Waals surface area (Å²) in [6.07, 6.45) is -7.19. The average Bonchev–Trinajstić information content (AvgIpc) is 3.19. The predicted octanol–water partition coefficient (Wildman–Crippen LogP) is 5.55. The van der Waals surface area contributed by atoms with Gasteiger partial charge in [0.25, 0.3) is 0 Å². The standard InChI is InChI=1S/C45H65F2NO11/c1-12-35-44(8,54)39(51)27(4)37(50)25(2)23-43(7,55-11)41(28(5)38(29(6)42(53)56-35)57-36(49)22-31-15-13-14-16-33(31)47)59-45(9)40(52)34(21-26(3)58-45)48(10)24-30-17-19-32(46)20-18-30/h13-20,25-29,34-35,38-41,51-52,54H,12,21-24H2,1-11H3/t25-,26-,27+,28+,29-,34+,35-,38+,39-,40-,41-,43-,44-,45+/m1/s1. The van der Waals surface area contributed by atoms with Crippen LogP contribution in [0.25, 0.3) is 0 Å². The Morgan fingerprint density at radius 3 is 2.17 bits per heavy atom. The molecule has 2 fully saturated rings. The molecule has 14 heteroatoms. The van der Waals surface area contributed by atoms with Crippen LogP contribution in [0.5, 0.6) is 0 Å². The number of aliphatic hydroxyl groups excluding tert-OH is 2. The molecule has 0 bridgehead atoms. The van der Waals surface area contributed by atoms with Crippen molar-refractivity contribution in [3.05, 3.63) is 71.3 Å². The first-order valence-electron chi connectivity index (χ1n) is 20.6. The summed E-state index contributed by atoms with van der Waals surface area (Å²) in [4.78, 5) is 44.0. The van der Waals surface area contributed by atoms with Crippen molar-refractivity contribution in [3.63, 3.8) is 0 Å². The number of ketones is 1. The number of carbonyl (C=O) groups is 3. The molecule has 0 amide bonds. The van der Waals surface area contributed by atoms with E-state index in [-0.39, 0.29) is 24.2 Å². The lowest BCUT2D eigenvalue weighted by Crippen LogP contribution is -2.65. The molecule has 0 radical (unpaired) electrons. The summed E-state index contributed by atoms with van der Waals surface area (Å²) in [7, 11) is 3.26. The number of aliphatic hydroxyl groups is 3. The van der Waals surface area contributed by atoms with Crippen LogP contribution in [-0.2, 0) is 51.0 Å². The molecule has 330 valence electrons. The number of methoxy groups -OCH3 is 1. The summed E-state index contributed by atoms with van der Waals surface area (Å²) in [6.45, 7) is 14.8. The summed E-state index contributed by atoms with van der Waals surface area (Å²) < 4.78 is 60.2. The van der Waals surface area contributed by atoms with Crippen LogP contribution in [-0.4, -0.2) is 112 Å². The van der Waals surface area contributed by atoms with E-state index in [1.54, 1.807) is 52.8 Å². The van der Waals surface area contributed by atoms with Crippen LogP contribution in [0.3, 0.4) is 0 Å². The van der Waals surface area contributed by atoms with Crippen LogP contribution < -0.4 is 0 Å². The zero-order valence-electron chi connectivity index (χ0n) is 36.3. The molecule has 0 spiro atoms.